The number of hydrogen-bond donors (Lipinski definition) is 4. The highest BCUT2D eigenvalue weighted by atomic mass is 32.2. The number of rotatable bonds is 5. The van der Waals surface area contributed by atoms with Gasteiger partial charge < -0.3 is 16.0 Å². The number of hydrogen-bond acceptors (Lipinski definition) is 5. The predicted octanol–water partition coefficient (Wildman–Crippen LogP) is 0.512. The third kappa shape index (κ3) is 3.04. The van der Waals surface area contributed by atoms with Gasteiger partial charge in [-0.3, -0.25) is 0 Å². The van der Waals surface area contributed by atoms with E-state index in [9.17, 15) is 8.42 Å². The van der Waals surface area contributed by atoms with Gasteiger partial charge in [0.25, 0.3) is 0 Å². The first-order valence-corrected chi connectivity index (χ1v) is 7.06. The van der Waals surface area contributed by atoms with E-state index in [1.807, 2.05) is 0 Å². The Balaban J connectivity index is 2.22. The van der Waals surface area contributed by atoms with Crippen LogP contribution >= 0.6 is 0 Å². The average molecular weight is 281 g/mol. The molecule has 0 fully saturated rings. The van der Waals surface area contributed by atoms with Crippen molar-refractivity contribution in [1.82, 2.24) is 14.7 Å². The van der Waals surface area contributed by atoms with E-state index in [1.165, 1.54) is 19.2 Å². The van der Waals surface area contributed by atoms with Gasteiger partial charge in [-0.05, 0) is 25.2 Å². The van der Waals surface area contributed by atoms with Gasteiger partial charge >= 0.3 is 0 Å². The molecule has 0 bridgehead atoms. The maximum Gasteiger partial charge on any atom is 0.240 e. The van der Waals surface area contributed by atoms with Crippen molar-refractivity contribution in [2.75, 3.05) is 18.1 Å². The fourth-order valence-corrected chi connectivity index (χ4v) is 2.30. The Morgan fingerprint density at radius 2 is 2.21 bits per heavy atom. The lowest BCUT2D eigenvalue weighted by atomic mass is 10.2. The van der Waals surface area contributed by atoms with Crippen LogP contribution in [-0.2, 0) is 16.6 Å². The van der Waals surface area contributed by atoms with Gasteiger partial charge in [0.05, 0.1) is 22.8 Å². The van der Waals surface area contributed by atoms with Crippen LogP contribution in [-0.4, -0.2) is 25.4 Å². The van der Waals surface area contributed by atoms with E-state index in [0.717, 1.165) is 5.82 Å². The number of sulfonamides is 1. The number of nitrogen functional groups attached to an aromatic ring is 1. The minimum Gasteiger partial charge on any atom is -0.397 e. The molecular formula is C11H15N5O2S. The molecular weight excluding hydrogens is 266 g/mol. The van der Waals surface area contributed by atoms with Gasteiger partial charge in [-0.1, -0.05) is 0 Å². The number of aromatic nitrogens is 2. The van der Waals surface area contributed by atoms with Gasteiger partial charge in [-0.2, -0.15) is 0 Å². The van der Waals surface area contributed by atoms with Gasteiger partial charge in [0.1, 0.15) is 5.82 Å². The monoisotopic (exact) mass is 281 g/mol. The van der Waals surface area contributed by atoms with Gasteiger partial charge in [0, 0.05) is 12.4 Å². The number of H-pyrrole nitrogens is 1. The summed E-state index contributed by atoms with van der Waals surface area (Å²) in [4.78, 5) is 7.16. The smallest absolute Gasteiger partial charge is 0.240 e. The third-order valence-electron chi connectivity index (χ3n) is 2.60. The molecule has 2 rings (SSSR count). The molecule has 0 saturated heterocycles. The number of nitrogens with one attached hydrogen (secondary N) is 3. The highest BCUT2D eigenvalue weighted by molar-refractivity contribution is 7.89. The van der Waals surface area contributed by atoms with Crippen LogP contribution in [0, 0.1) is 0 Å². The lowest BCUT2D eigenvalue weighted by Gasteiger charge is -2.10. The lowest BCUT2D eigenvalue weighted by molar-refractivity contribution is 0.588. The molecule has 0 aliphatic rings. The Kier molecular flexibility index (Phi) is 3.72. The van der Waals surface area contributed by atoms with Crippen molar-refractivity contribution in [2.24, 2.45) is 0 Å². The Labute approximate surface area is 111 Å². The van der Waals surface area contributed by atoms with Gasteiger partial charge in [-0.25, -0.2) is 18.1 Å². The molecule has 1 heterocycles. The molecule has 102 valence electrons. The Bertz CT molecular complexity index is 652. The van der Waals surface area contributed by atoms with Crippen LogP contribution in [0.3, 0.4) is 0 Å². The first-order valence-electron chi connectivity index (χ1n) is 5.58. The van der Waals surface area contributed by atoms with Crippen molar-refractivity contribution in [2.45, 2.75) is 11.4 Å². The maximum absolute atomic E-state index is 11.7. The molecule has 2 aromatic rings. The van der Waals surface area contributed by atoms with E-state index in [0.29, 0.717) is 17.9 Å². The average Bonchev–Trinajstić information content (AvgIpc) is 2.90. The van der Waals surface area contributed by atoms with E-state index in [1.54, 1.807) is 18.5 Å². The number of benzene rings is 1. The van der Waals surface area contributed by atoms with Crippen molar-refractivity contribution in [3.8, 4) is 0 Å². The third-order valence-corrected chi connectivity index (χ3v) is 4.02. The summed E-state index contributed by atoms with van der Waals surface area (Å²) < 4.78 is 25.7. The highest BCUT2D eigenvalue weighted by Crippen LogP contribution is 2.23. The van der Waals surface area contributed by atoms with Crippen LogP contribution in [0.2, 0.25) is 0 Å². The fraction of sp³-hybridized carbons (Fsp3) is 0.182. The molecule has 1 aromatic carbocycles. The summed E-state index contributed by atoms with van der Waals surface area (Å²) in [5.74, 6) is 0.737. The second-order valence-electron chi connectivity index (χ2n) is 3.85. The Morgan fingerprint density at radius 1 is 1.42 bits per heavy atom. The largest absolute Gasteiger partial charge is 0.397 e. The summed E-state index contributed by atoms with van der Waals surface area (Å²) in [5, 5.41) is 3.04. The minimum absolute atomic E-state index is 0.158. The SMILES string of the molecule is CNS(=O)(=O)c1ccc(N)c(NCc2ncc[nH]2)c1. The molecule has 0 amide bonds. The van der Waals surface area contributed by atoms with Crippen LogP contribution in [0.25, 0.3) is 0 Å². The first kappa shape index (κ1) is 13.4. The second kappa shape index (κ2) is 5.29. The summed E-state index contributed by atoms with van der Waals surface area (Å²) in [6, 6.07) is 4.50. The molecule has 1 aromatic heterocycles. The molecule has 19 heavy (non-hydrogen) atoms. The molecule has 8 heteroatoms. The number of nitrogens with zero attached hydrogens (tertiary/aromatic N) is 1. The number of anilines is 2. The molecule has 0 atom stereocenters. The van der Waals surface area contributed by atoms with Gasteiger partial charge in [-0.15, -0.1) is 0 Å². The number of aromatic amines is 1. The quantitative estimate of drug-likeness (QED) is 0.596. The molecule has 0 spiro atoms. The Morgan fingerprint density at radius 3 is 2.84 bits per heavy atom. The Hall–Kier alpha value is -2.06. The van der Waals surface area contributed by atoms with Gasteiger partial charge in [0.15, 0.2) is 0 Å². The molecule has 5 N–H and O–H groups in total. The van der Waals surface area contributed by atoms with E-state index in [2.05, 4.69) is 20.0 Å². The van der Waals surface area contributed by atoms with Crippen molar-refractivity contribution in [3.63, 3.8) is 0 Å². The van der Waals surface area contributed by atoms with E-state index < -0.39 is 10.0 Å². The van der Waals surface area contributed by atoms with Crippen LogP contribution in [0.15, 0.2) is 35.5 Å². The van der Waals surface area contributed by atoms with Crippen molar-refractivity contribution >= 4 is 21.4 Å². The highest BCUT2D eigenvalue weighted by Gasteiger charge is 2.13. The topological polar surface area (TPSA) is 113 Å². The molecule has 0 aliphatic carbocycles. The second-order valence-corrected chi connectivity index (χ2v) is 5.73. The number of nitrogens with two attached hydrogens (primary N) is 1. The number of imidazole rings is 1. The van der Waals surface area contributed by atoms with Crippen LogP contribution in [0.5, 0.6) is 0 Å². The van der Waals surface area contributed by atoms with E-state index in [-0.39, 0.29) is 4.90 Å². The zero-order valence-electron chi connectivity index (χ0n) is 10.3. The zero-order valence-corrected chi connectivity index (χ0v) is 11.2. The molecule has 7 nitrogen and oxygen atoms in total. The molecule has 0 saturated carbocycles. The molecule has 0 unspecified atom stereocenters. The first-order chi connectivity index (χ1) is 9.03. The van der Waals surface area contributed by atoms with Crippen LogP contribution < -0.4 is 15.8 Å². The van der Waals surface area contributed by atoms with Gasteiger partial charge in [0.2, 0.25) is 10.0 Å². The maximum atomic E-state index is 11.7. The molecule has 0 radical (unpaired) electrons. The lowest BCUT2D eigenvalue weighted by Crippen LogP contribution is -2.19. The normalized spacial score (nSPS) is 11.4. The molecule has 0 aliphatic heterocycles. The minimum atomic E-state index is -3.48. The van der Waals surface area contributed by atoms with Crippen LogP contribution in [0.1, 0.15) is 5.82 Å². The van der Waals surface area contributed by atoms with Crippen LogP contribution in [0.4, 0.5) is 11.4 Å². The summed E-state index contributed by atoms with van der Waals surface area (Å²) in [6.45, 7) is 0.431. The summed E-state index contributed by atoms with van der Waals surface area (Å²) in [7, 11) is -2.12. The fourth-order valence-electron chi connectivity index (χ4n) is 1.55. The van der Waals surface area contributed by atoms with E-state index >= 15 is 0 Å². The zero-order chi connectivity index (χ0) is 13.9. The van der Waals surface area contributed by atoms with Crippen molar-refractivity contribution < 1.29 is 8.42 Å². The summed E-state index contributed by atoms with van der Waals surface area (Å²) >= 11 is 0. The van der Waals surface area contributed by atoms with Crippen molar-refractivity contribution in [1.29, 1.82) is 0 Å². The standard InChI is InChI=1S/C11H15N5O2S/c1-13-19(17,18)8-2-3-9(12)10(6-8)16-7-11-14-4-5-15-11/h2-6,13,16H,7,12H2,1H3,(H,14,15). The summed E-state index contributed by atoms with van der Waals surface area (Å²) in [6.07, 6.45) is 3.35. The van der Waals surface area contributed by atoms with E-state index in [4.69, 9.17) is 5.73 Å². The summed E-state index contributed by atoms with van der Waals surface area (Å²) in [5.41, 5.74) is 6.83. The van der Waals surface area contributed by atoms with Crippen molar-refractivity contribution in [3.05, 3.63) is 36.4 Å². The predicted molar refractivity (Wildman–Crippen MR) is 73.0 cm³/mol.